The third-order valence-electron chi connectivity index (χ3n) is 4.06. The van der Waals surface area contributed by atoms with Gasteiger partial charge in [0.1, 0.15) is 17.2 Å². The Morgan fingerprint density at radius 1 is 1.48 bits per heavy atom. The van der Waals surface area contributed by atoms with E-state index in [1.54, 1.807) is 36.1 Å². The van der Waals surface area contributed by atoms with E-state index in [4.69, 9.17) is 20.9 Å². The first-order valence-electron chi connectivity index (χ1n) is 7.81. The molecule has 1 saturated heterocycles. The Hall–Kier alpha value is -2.54. The van der Waals surface area contributed by atoms with Crippen LogP contribution in [0, 0.1) is 12.8 Å². The van der Waals surface area contributed by atoms with Crippen LogP contribution < -0.4 is 15.0 Å². The van der Waals surface area contributed by atoms with Gasteiger partial charge in [0, 0.05) is 24.7 Å². The summed E-state index contributed by atoms with van der Waals surface area (Å²) < 4.78 is 10.1. The number of hydrogen-bond acceptors (Lipinski definition) is 5. The fourth-order valence-corrected chi connectivity index (χ4v) is 3.03. The molecule has 1 aromatic carbocycles. The summed E-state index contributed by atoms with van der Waals surface area (Å²) in [5.41, 5.74) is 1.30. The number of ether oxygens (including phenoxy) is 1. The van der Waals surface area contributed by atoms with Crippen molar-refractivity contribution < 1.29 is 18.8 Å². The average Bonchev–Trinajstić information content (AvgIpc) is 3.18. The monoisotopic (exact) mass is 363 g/mol. The highest BCUT2D eigenvalue weighted by molar-refractivity contribution is 6.32. The number of aromatic nitrogens is 1. The summed E-state index contributed by atoms with van der Waals surface area (Å²) in [6.45, 7) is 2.37. The van der Waals surface area contributed by atoms with Crippen molar-refractivity contribution in [3.8, 4) is 5.75 Å². The van der Waals surface area contributed by atoms with Gasteiger partial charge in [-0.25, -0.2) is 0 Å². The molecular weight excluding hydrogens is 346 g/mol. The van der Waals surface area contributed by atoms with Gasteiger partial charge in [0.15, 0.2) is 0 Å². The number of benzene rings is 1. The number of methoxy groups -OCH3 is 1. The first-order valence-corrected chi connectivity index (χ1v) is 8.19. The van der Waals surface area contributed by atoms with Crippen molar-refractivity contribution in [1.29, 1.82) is 0 Å². The van der Waals surface area contributed by atoms with Crippen LogP contribution in [0.25, 0.3) is 0 Å². The van der Waals surface area contributed by atoms with E-state index in [0.717, 1.165) is 0 Å². The second kappa shape index (κ2) is 7.14. The highest BCUT2D eigenvalue weighted by Gasteiger charge is 2.35. The van der Waals surface area contributed by atoms with Crippen LogP contribution >= 0.6 is 11.6 Å². The van der Waals surface area contributed by atoms with Crippen LogP contribution in [0.3, 0.4) is 0 Å². The quantitative estimate of drug-likeness (QED) is 0.881. The van der Waals surface area contributed by atoms with Gasteiger partial charge in [-0.05, 0) is 25.1 Å². The molecule has 7 nitrogen and oxygen atoms in total. The molecule has 0 bridgehead atoms. The van der Waals surface area contributed by atoms with Gasteiger partial charge in [0.2, 0.25) is 11.8 Å². The number of anilines is 1. The molecule has 25 heavy (non-hydrogen) atoms. The minimum atomic E-state index is -0.415. The van der Waals surface area contributed by atoms with Crippen molar-refractivity contribution in [2.45, 2.75) is 19.9 Å². The van der Waals surface area contributed by atoms with E-state index in [0.29, 0.717) is 34.5 Å². The van der Waals surface area contributed by atoms with E-state index >= 15 is 0 Å². The molecule has 0 radical (unpaired) electrons. The summed E-state index contributed by atoms with van der Waals surface area (Å²) in [6, 6.07) is 6.87. The minimum absolute atomic E-state index is 0.112. The third kappa shape index (κ3) is 3.76. The number of amides is 2. The van der Waals surface area contributed by atoms with E-state index in [1.807, 2.05) is 0 Å². The summed E-state index contributed by atoms with van der Waals surface area (Å²) >= 11 is 6.12. The van der Waals surface area contributed by atoms with Crippen LogP contribution in [0.5, 0.6) is 5.75 Å². The van der Waals surface area contributed by atoms with E-state index in [1.165, 1.54) is 7.11 Å². The highest BCUT2D eigenvalue weighted by Crippen LogP contribution is 2.32. The topological polar surface area (TPSA) is 84.7 Å². The zero-order valence-electron chi connectivity index (χ0n) is 13.9. The summed E-state index contributed by atoms with van der Waals surface area (Å²) in [5, 5.41) is 7.03. The number of carbonyl (C=O) groups is 2. The smallest absolute Gasteiger partial charge is 0.227 e. The van der Waals surface area contributed by atoms with Crippen molar-refractivity contribution in [3.63, 3.8) is 0 Å². The molecule has 2 aromatic rings. The molecule has 8 heteroatoms. The number of nitrogens with zero attached hydrogens (tertiary/aromatic N) is 2. The minimum Gasteiger partial charge on any atom is -0.495 e. The SMILES string of the molecule is COc1ccc(N2C[C@@H](C(=O)NCc3cc(C)on3)CC2=O)cc1Cl. The van der Waals surface area contributed by atoms with Gasteiger partial charge < -0.3 is 19.5 Å². The van der Waals surface area contributed by atoms with Crippen LogP contribution in [0.4, 0.5) is 5.69 Å². The van der Waals surface area contributed by atoms with E-state index < -0.39 is 5.92 Å². The molecule has 1 aliphatic rings. The number of carbonyl (C=O) groups excluding carboxylic acids is 2. The van der Waals surface area contributed by atoms with Crippen LogP contribution in [0.15, 0.2) is 28.8 Å². The lowest BCUT2D eigenvalue weighted by Crippen LogP contribution is -2.32. The molecule has 0 spiro atoms. The van der Waals surface area contributed by atoms with Crippen molar-refractivity contribution in [3.05, 3.63) is 40.7 Å². The van der Waals surface area contributed by atoms with E-state index in [-0.39, 0.29) is 24.8 Å². The van der Waals surface area contributed by atoms with E-state index in [2.05, 4.69) is 10.5 Å². The summed E-state index contributed by atoms with van der Waals surface area (Å²) in [4.78, 5) is 26.2. The summed E-state index contributed by atoms with van der Waals surface area (Å²) in [6.07, 6.45) is 0.160. The number of halogens is 1. The summed E-state index contributed by atoms with van der Waals surface area (Å²) in [5.74, 6) is 0.508. The number of nitrogens with one attached hydrogen (secondary N) is 1. The first kappa shape index (κ1) is 17.3. The predicted molar refractivity (Wildman–Crippen MR) is 91.6 cm³/mol. The number of aryl methyl sites for hydroxylation is 1. The van der Waals surface area contributed by atoms with E-state index in [9.17, 15) is 9.59 Å². The van der Waals surface area contributed by atoms with Gasteiger partial charge in [-0.1, -0.05) is 16.8 Å². The van der Waals surface area contributed by atoms with Crippen LogP contribution in [0.1, 0.15) is 17.9 Å². The highest BCUT2D eigenvalue weighted by atomic mass is 35.5. The molecule has 2 heterocycles. The average molecular weight is 364 g/mol. The van der Waals surface area contributed by atoms with Gasteiger partial charge >= 0.3 is 0 Å². The normalized spacial score (nSPS) is 17.0. The molecule has 0 unspecified atom stereocenters. The predicted octanol–water partition coefficient (Wildman–Crippen LogP) is 2.31. The lowest BCUT2D eigenvalue weighted by molar-refractivity contribution is -0.126. The Balaban J connectivity index is 1.63. The number of rotatable bonds is 5. The van der Waals surface area contributed by atoms with Crippen molar-refractivity contribution in [1.82, 2.24) is 10.5 Å². The number of hydrogen-bond donors (Lipinski definition) is 1. The molecule has 1 fully saturated rings. The molecule has 0 saturated carbocycles. The Morgan fingerprint density at radius 3 is 2.92 bits per heavy atom. The largest absolute Gasteiger partial charge is 0.495 e. The fraction of sp³-hybridized carbons (Fsp3) is 0.353. The second-order valence-electron chi connectivity index (χ2n) is 5.87. The van der Waals surface area contributed by atoms with Crippen molar-refractivity contribution in [2.24, 2.45) is 5.92 Å². The Morgan fingerprint density at radius 2 is 2.28 bits per heavy atom. The zero-order chi connectivity index (χ0) is 18.0. The van der Waals surface area contributed by atoms with Gasteiger partial charge in [-0.15, -0.1) is 0 Å². The molecule has 1 N–H and O–H groups in total. The maximum absolute atomic E-state index is 12.3. The van der Waals surface area contributed by atoms with Crippen molar-refractivity contribution >= 4 is 29.1 Å². The van der Waals surface area contributed by atoms with Gasteiger partial charge in [-0.3, -0.25) is 9.59 Å². The standard InChI is InChI=1S/C17H18ClN3O4/c1-10-5-12(20-25-10)8-19-17(23)11-6-16(22)21(9-11)13-3-4-15(24-2)14(18)7-13/h3-5,7,11H,6,8-9H2,1-2H3,(H,19,23)/t11-/m0/s1. The van der Waals surface area contributed by atoms with Crippen LogP contribution in [-0.2, 0) is 16.1 Å². The van der Waals surface area contributed by atoms with Crippen LogP contribution in [0.2, 0.25) is 5.02 Å². The lowest BCUT2D eigenvalue weighted by atomic mass is 10.1. The zero-order valence-corrected chi connectivity index (χ0v) is 14.7. The first-order chi connectivity index (χ1) is 12.0. The Bertz CT molecular complexity index is 805. The van der Waals surface area contributed by atoms with Gasteiger partial charge in [0.05, 0.1) is 24.6 Å². The molecule has 1 atom stereocenters. The molecule has 132 valence electrons. The molecule has 3 rings (SSSR count). The molecule has 1 aromatic heterocycles. The molecule has 1 aliphatic heterocycles. The molecule has 0 aliphatic carbocycles. The van der Waals surface area contributed by atoms with Crippen molar-refractivity contribution in [2.75, 3.05) is 18.6 Å². The lowest BCUT2D eigenvalue weighted by Gasteiger charge is -2.17. The molecule has 2 amide bonds. The Labute approximate surface area is 149 Å². The Kier molecular flexibility index (Phi) is 4.94. The summed E-state index contributed by atoms with van der Waals surface area (Å²) in [7, 11) is 1.53. The van der Waals surface area contributed by atoms with Gasteiger partial charge in [0.25, 0.3) is 0 Å². The maximum atomic E-state index is 12.3. The third-order valence-corrected chi connectivity index (χ3v) is 4.36. The maximum Gasteiger partial charge on any atom is 0.227 e. The van der Waals surface area contributed by atoms with Crippen LogP contribution in [-0.4, -0.2) is 30.6 Å². The molecular formula is C17H18ClN3O4. The van der Waals surface area contributed by atoms with Gasteiger partial charge in [-0.2, -0.15) is 0 Å². The fourth-order valence-electron chi connectivity index (χ4n) is 2.78. The second-order valence-corrected chi connectivity index (χ2v) is 6.28.